The van der Waals surface area contributed by atoms with Crippen LogP contribution in [0.15, 0.2) is 16.6 Å². The number of thiazole rings is 1. The normalized spacial score (nSPS) is 23.0. The van der Waals surface area contributed by atoms with Gasteiger partial charge >= 0.3 is 0 Å². The Morgan fingerprint density at radius 2 is 2.22 bits per heavy atom. The van der Waals surface area contributed by atoms with Gasteiger partial charge in [0.05, 0.1) is 5.01 Å². The zero-order valence-corrected chi connectivity index (χ0v) is 17.0. The van der Waals surface area contributed by atoms with Crippen LogP contribution < -0.4 is 10.6 Å². The Morgan fingerprint density at radius 3 is 2.91 bits per heavy atom. The van der Waals surface area contributed by atoms with Crippen LogP contribution >= 0.6 is 35.3 Å². The largest absolute Gasteiger partial charge is 0.356 e. The van der Waals surface area contributed by atoms with Crippen molar-refractivity contribution in [2.45, 2.75) is 50.6 Å². The number of aliphatic imine (C=N–C) groups is 1. The highest BCUT2D eigenvalue weighted by molar-refractivity contribution is 14.0. The predicted molar refractivity (Wildman–Crippen MR) is 108 cm³/mol. The molecule has 130 valence electrons. The lowest BCUT2D eigenvalue weighted by atomic mass is 10.2. The summed E-state index contributed by atoms with van der Waals surface area (Å²) >= 11 is 1.71. The third-order valence-corrected chi connectivity index (χ3v) is 5.58. The molecule has 1 saturated heterocycles. The van der Waals surface area contributed by atoms with E-state index < -0.39 is 0 Å². The van der Waals surface area contributed by atoms with Crippen molar-refractivity contribution in [3.05, 3.63) is 16.6 Å². The van der Waals surface area contributed by atoms with E-state index in [-0.39, 0.29) is 24.0 Å². The van der Waals surface area contributed by atoms with Gasteiger partial charge in [0, 0.05) is 56.8 Å². The summed E-state index contributed by atoms with van der Waals surface area (Å²) in [4.78, 5) is 11.3. The monoisotopic (exact) mass is 449 g/mol. The van der Waals surface area contributed by atoms with Gasteiger partial charge in [-0.15, -0.1) is 35.3 Å². The van der Waals surface area contributed by atoms with Crippen LogP contribution in [-0.4, -0.2) is 54.6 Å². The molecular formula is C16H28IN5S. The van der Waals surface area contributed by atoms with Crippen LogP contribution in [-0.2, 0) is 6.42 Å². The van der Waals surface area contributed by atoms with Crippen LogP contribution in [0.3, 0.4) is 0 Å². The molecule has 2 fully saturated rings. The zero-order valence-electron chi connectivity index (χ0n) is 13.8. The van der Waals surface area contributed by atoms with Gasteiger partial charge in [-0.2, -0.15) is 0 Å². The maximum Gasteiger partial charge on any atom is 0.191 e. The molecule has 0 amide bonds. The average Bonchev–Trinajstić information content (AvgIpc) is 3.27. The predicted octanol–water partition coefficient (Wildman–Crippen LogP) is 2.49. The minimum absolute atomic E-state index is 0. The molecule has 1 aromatic heterocycles. The van der Waals surface area contributed by atoms with Gasteiger partial charge in [-0.25, -0.2) is 4.98 Å². The average molecular weight is 449 g/mol. The Balaban J connectivity index is 0.00000192. The van der Waals surface area contributed by atoms with Crippen LogP contribution in [0.1, 0.15) is 37.1 Å². The Hall–Kier alpha value is -0.410. The Labute approximate surface area is 160 Å². The molecule has 1 aromatic rings. The first-order valence-corrected chi connectivity index (χ1v) is 9.32. The number of aromatic nitrogens is 1. The van der Waals surface area contributed by atoms with Crippen molar-refractivity contribution in [2.75, 3.05) is 26.7 Å². The van der Waals surface area contributed by atoms with E-state index in [2.05, 4.69) is 25.5 Å². The first-order chi connectivity index (χ1) is 10.8. The lowest BCUT2D eigenvalue weighted by Crippen LogP contribution is -2.45. The number of halogens is 1. The molecule has 0 radical (unpaired) electrons. The summed E-state index contributed by atoms with van der Waals surface area (Å²) in [6.07, 6.45) is 9.67. The summed E-state index contributed by atoms with van der Waals surface area (Å²) in [5.41, 5.74) is 0. The van der Waals surface area contributed by atoms with E-state index in [1.54, 1.807) is 11.3 Å². The summed E-state index contributed by atoms with van der Waals surface area (Å²) in [5, 5.41) is 10.2. The van der Waals surface area contributed by atoms with Crippen LogP contribution in [0.4, 0.5) is 0 Å². The van der Waals surface area contributed by atoms with Crippen LogP contribution in [0.2, 0.25) is 0 Å². The third-order valence-electron chi connectivity index (χ3n) is 4.74. The van der Waals surface area contributed by atoms with Gasteiger partial charge in [0.15, 0.2) is 5.96 Å². The summed E-state index contributed by atoms with van der Waals surface area (Å²) in [7, 11) is 1.85. The molecule has 0 spiro atoms. The topological polar surface area (TPSA) is 52.6 Å². The number of hydrogen-bond acceptors (Lipinski definition) is 4. The summed E-state index contributed by atoms with van der Waals surface area (Å²) in [6, 6.07) is 1.37. The molecule has 3 rings (SSSR count). The van der Waals surface area contributed by atoms with Gasteiger partial charge in [0.1, 0.15) is 0 Å². The molecule has 0 bridgehead atoms. The fourth-order valence-corrected chi connectivity index (χ4v) is 4.18. The first kappa shape index (κ1) is 18.9. The van der Waals surface area contributed by atoms with Crippen molar-refractivity contribution >= 4 is 41.3 Å². The van der Waals surface area contributed by atoms with Crippen LogP contribution in [0.25, 0.3) is 0 Å². The van der Waals surface area contributed by atoms with Crippen LogP contribution in [0.5, 0.6) is 0 Å². The van der Waals surface area contributed by atoms with E-state index in [9.17, 15) is 0 Å². The van der Waals surface area contributed by atoms with E-state index >= 15 is 0 Å². The zero-order chi connectivity index (χ0) is 15.2. The number of nitrogens with one attached hydrogen (secondary N) is 2. The van der Waals surface area contributed by atoms with Crippen molar-refractivity contribution in [1.29, 1.82) is 0 Å². The van der Waals surface area contributed by atoms with E-state index in [0.717, 1.165) is 31.5 Å². The standard InChI is InChI=1S/C16H27N5S.HI/c1-17-16(19-8-6-15-18-9-11-22-15)20-13-7-10-21(12-13)14-4-2-3-5-14;/h9,11,13-14H,2-8,10,12H2,1H3,(H2,17,19,20);1H. The lowest BCUT2D eigenvalue weighted by Gasteiger charge is -2.24. The van der Waals surface area contributed by atoms with Gasteiger partial charge in [0.25, 0.3) is 0 Å². The highest BCUT2D eigenvalue weighted by Crippen LogP contribution is 2.26. The molecule has 2 heterocycles. The van der Waals surface area contributed by atoms with Crippen LogP contribution in [0, 0.1) is 0 Å². The van der Waals surface area contributed by atoms with Crippen molar-refractivity contribution in [3.63, 3.8) is 0 Å². The van der Waals surface area contributed by atoms with E-state index in [1.807, 2.05) is 18.6 Å². The Kier molecular flexibility index (Phi) is 8.05. The SMILES string of the molecule is CN=C(NCCc1nccs1)NC1CCN(C2CCCC2)C1.I. The molecule has 23 heavy (non-hydrogen) atoms. The maximum absolute atomic E-state index is 4.35. The first-order valence-electron chi connectivity index (χ1n) is 8.45. The summed E-state index contributed by atoms with van der Waals surface area (Å²) in [6.45, 7) is 3.28. The quantitative estimate of drug-likeness (QED) is 0.412. The van der Waals surface area contributed by atoms with Gasteiger partial charge in [0.2, 0.25) is 0 Å². The minimum Gasteiger partial charge on any atom is -0.356 e. The fraction of sp³-hybridized carbons (Fsp3) is 0.750. The van der Waals surface area contributed by atoms with Crippen molar-refractivity contribution in [1.82, 2.24) is 20.5 Å². The second kappa shape index (κ2) is 9.78. The molecule has 7 heteroatoms. The molecule has 1 atom stereocenters. The molecule has 1 aliphatic carbocycles. The summed E-state index contributed by atoms with van der Waals surface area (Å²) < 4.78 is 0. The Bertz CT molecular complexity index is 473. The van der Waals surface area contributed by atoms with Gasteiger partial charge < -0.3 is 10.6 Å². The molecule has 1 saturated carbocycles. The molecule has 1 aliphatic heterocycles. The number of nitrogens with zero attached hydrogens (tertiary/aromatic N) is 3. The third kappa shape index (κ3) is 5.56. The Morgan fingerprint density at radius 1 is 1.39 bits per heavy atom. The summed E-state index contributed by atoms with van der Waals surface area (Å²) in [5.74, 6) is 0.926. The number of guanidine groups is 1. The molecule has 2 N–H and O–H groups in total. The molecule has 2 aliphatic rings. The molecular weight excluding hydrogens is 421 g/mol. The molecule has 5 nitrogen and oxygen atoms in total. The van der Waals surface area contributed by atoms with E-state index in [0.29, 0.717) is 6.04 Å². The highest BCUT2D eigenvalue weighted by atomic mass is 127. The lowest BCUT2D eigenvalue weighted by molar-refractivity contribution is 0.242. The van der Waals surface area contributed by atoms with Gasteiger partial charge in [-0.05, 0) is 19.3 Å². The van der Waals surface area contributed by atoms with Crippen molar-refractivity contribution in [3.8, 4) is 0 Å². The highest BCUT2D eigenvalue weighted by Gasteiger charge is 2.30. The molecule has 1 unspecified atom stereocenters. The van der Waals surface area contributed by atoms with E-state index in [1.165, 1.54) is 43.7 Å². The maximum atomic E-state index is 4.35. The number of hydrogen-bond donors (Lipinski definition) is 2. The molecule has 0 aromatic carbocycles. The van der Waals surface area contributed by atoms with Crippen molar-refractivity contribution in [2.24, 2.45) is 4.99 Å². The minimum atomic E-state index is 0. The number of likely N-dealkylation sites (tertiary alicyclic amines) is 1. The second-order valence-electron chi connectivity index (χ2n) is 6.24. The van der Waals surface area contributed by atoms with Gasteiger partial charge in [-0.1, -0.05) is 12.8 Å². The van der Waals surface area contributed by atoms with Crippen molar-refractivity contribution < 1.29 is 0 Å². The number of rotatable bonds is 5. The second-order valence-corrected chi connectivity index (χ2v) is 7.22. The van der Waals surface area contributed by atoms with E-state index in [4.69, 9.17) is 0 Å². The fourth-order valence-electron chi connectivity index (χ4n) is 3.56. The van der Waals surface area contributed by atoms with Gasteiger partial charge in [-0.3, -0.25) is 9.89 Å². The smallest absolute Gasteiger partial charge is 0.191 e.